The molecule has 0 aliphatic heterocycles. The van der Waals surface area contributed by atoms with E-state index in [1.165, 1.54) is 19.3 Å². The highest BCUT2D eigenvalue weighted by Crippen LogP contribution is 2.08. The van der Waals surface area contributed by atoms with Gasteiger partial charge in [-0.15, -0.1) is 0 Å². The van der Waals surface area contributed by atoms with Gasteiger partial charge in [0.15, 0.2) is 0 Å². The quantitative estimate of drug-likeness (QED) is 0.305. The summed E-state index contributed by atoms with van der Waals surface area (Å²) in [6.45, 7) is 2.88. The van der Waals surface area contributed by atoms with Crippen molar-refractivity contribution < 1.29 is 9.90 Å². The van der Waals surface area contributed by atoms with Crippen molar-refractivity contribution in [2.45, 2.75) is 77.6 Å². The number of amides is 1. The van der Waals surface area contributed by atoms with Crippen LogP contribution >= 0.6 is 0 Å². The molecule has 0 spiro atoms. The van der Waals surface area contributed by atoms with E-state index in [4.69, 9.17) is 5.11 Å². The van der Waals surface area contributed by atoms with Gasteiger partial charge in [-0.25, -0.2) is 0 Å². The Labute approximate surface area is 148 Å². The first-order chi connectivity index (χ1) is 11.8. The first-order valence-corrected chi connectivity index (χ1v) is 9.63. The molecule has 24 heavy (non-hydrogen) atoms. The molecule has 0 aliphatic rings. The van der Waals surface area contributed by atoms with Gasteiger partial charge in [-0.1, -0.05) is 62.6 Å². The molecule has 0 saturated heterocycles. The van der Waals surface area contributed by atoms with Crippen LogP contribution in [0.1, 0.15) is 77.6 Å². The summed E-state index contributed by atoms with van der Waals surface area (Å²) in [5.41, 5.74) is 0. The number of allylic oxidation sites excluding steroid dienone is 6. The Hall–Kier alpha value is -1.35. The molecule has 3 heteroatoms. The lowest BCUT2D eigenvalue weighted by molar-refractivity contribution is -0.121. The highest BCUT2D eigenvalue weighted by Gasteiger charge is 1.99. The zero-order chi connectivity index (χ0) is 17.7. The van der Waals surface area contributed by atoms with Gasteiger partial charge in [-0.3, -0.25) is 4.79 Å². The minimum absolute atomic E-state index is 0.115. The van der Waals surface area contributed by atoms with Crippen molar-refractivity contribution in [3.05, 3.63) is 36.5 Å². The Morgan fingerprint density at radius 3 is 2.17 bits per heavy atom. The zero-order valence-corrected chi connectivity index (χ0v) is 15.5. The molecule has 0 aliphatic carbocycles. The van der Waals surface area contributed by atoms with Gasteiger partial charge in [-0.2, -0.15) is 0 Å². The minimum atomic E-state index is 0.115. The van der Waals surface area contributed by atoms with Gasteiger partial charge >= 0.3 is 0 Å². The van der Waals surface area contributed by atoms with Gasteiger partial charge in [0, 0.05) is 19.6 Å². The molecule has 3 nitrogen and oxygen atoms in total. The molecule has 0 aromatic heterocycles. The molecule has 0 heterocycles. The molecule has 138 valence electrons. The number of rotatable bonds is 16. The lowest BCUT2D eigenvalue weighted by Crippen LogP contribution is -2.24. The number of aliphatic hydroxyl groups excluding tert-OH is 1. The van der Waals surface area contributed by atoms with Gasteiger partial charge in [0.05, 0.1) is 0 Å². The van der Waals surface area contributed by atoms with Crippen LogP contribution in [0.3, 0.4) is 0 Å². The van der Waals surface area contributed by atoms with Crippen molar-refractivity contribution >= 4 is 5.91 Å². The van der Waals surface area contributed by atoms with Crippen LogP contribution in [0.5, 0.6) is 0 Å². The number of unbranched alkanes of at least 4 members (excludes halogenated alkanes) is 5. The monoisotopic (exact) mass is 335 g/mol. The fourth-order valence-corrected chi connectivity index (χ4v) is 2.30. The Kier molecular flexibility index (Phi) is 18.6. The summed E-state index contributed by atoms with van der Waals surface area (Å²) in [6.07, 6.45) is 24.8. The van der Waals surface area contributed by atoms with Crippen molar-refractivity contribution in [2.75, 3.05) is 13.2 Å². The maximum absolute atomic E-state index is 11.4. The highest BCUT2D eigenvalue weighted by atomic mass is 16.3. The molecule has 0 bridgehead atoms. The number of hydrogen-bond donors (Lipinski definition) is 2. The molecule has 1 amide bonds. The van der Waals surface area contributed by atoms with Gasteiger partial charge in [0.2, 0.25) is 5.91 Å². The van der Waals surface area contributed by atoms with E-state index in [1.807, 2.05) is 0 Å². The normalized spacial score (nSPS) is 11.9. The third-order valence-electron chi connectivity index (χ3n) is 3.71. The third-order valence-corrected chi connectivity index (χ3v) is 3.71. The van der Waals surface area contributed by atoms with E-state index in [0.717, 1.165) is 38.5 Å². The van der Waals surface area contributed by atoms with E-state index < -0.39 is 0 Å². The van der Waals surface area contributed by atoms with Crippen LogP contribution in [0.15, 0.2) is 36.5 Å². The average Bonchev–Trinajstić information content (AvgIpc) is 2.58. The highest BCUT2D eigenvalue weighted by molar-refractivity contribution is 5.75. The summed E-state index contributed by atoms with van der Waals surface area (Å²) in [6, 6.07) is 0. The second kappa shape index (κ2) is 19.7. The van der Waals surface area contributed by atoms with Crippen LogP contribution in [0.4, 0.5) is 0 Å². The van der Waals surface area contributed by atoms with E-state index in [1.54, 1.807) is 0 Å². The topological polar surface area (TPSA) is 49.3 Å². The first kappa shape index (κ1) is 22.6. The van der Waals surface area contributed by atoms with Crippen molar-refractivity contribution in [1.82, 2.24) is 5.32 Å². The second-order valence-electron chi connectivity index (χ2n) is 6.03. The third kappa shape index (κ3) is 18.7. The molecule has 0 saturated carbocycles. The largest absolute Gasteiger partial charge is 0.396 e. The first-order valence-electron chi connectivity index (χ1n) is 9.63. The molecule has 0 aromatic rings. The molecular weight excluding hydrogens is 298 g/mol. The number of carbonyl (C=O) groups excluding carboxylic acids is 1. The van der Waals surface area contributed by atoms with Crippen LogP contribution in [0, 0.1) is 0 Å². The number of carbonyl (C=O) groups is 1. The summed E-state index contributed by atoms with van der Waals surface area (Å²) in [5, 5.41) is 11.5. The number of aliphatic hydroxyl groups is 1. The van der Waals surface area contributed by atoms with Crippen molar-refractivity contribution in [3.8, 4) is 0 Å². The SMILES string of the molecule is CC/C=C\C/C=C\C/C=C\CCCCCCCC(=O)NCCCO. The van der Waals surface area contributed by atoms with Crippen LogP contribution < -0.4 is 5.32 Å². The molecule has 0 atom stereocenters. The fourth-order valence-electron chi connectivity index (χ4n) is 2.30. The minimum Gasteiger partial charge on any atom is -0.396 e. The number of hydrogen-bond acceptors (Lipinski definition) is 2. The lowest BCUT2D eigenvalue weighted by atomic mass is 10.1. The second-order valence-corrected chi connectivity index (χ2v) is 6.03. The van der Waals surface area contributed by atoms with E-state index in [9.17, 15) is 4.79 Å². The Morgan fingerprint density at radius 2 is 1.46 bits per heavy atom. The van der Waals surface area contributed by atoms with Gasteiger partial charge < -0.3 is 10.4 Å². The van der Waals surface area contributed by atoms with Crippen LogP contribution in [-0.4, -0.2) is 24.2 Å². The summed E-state index contributed by atoms with van der Waals surface area (Å²) in [7, 11) is 0. The maximum Gasteiger partial charge on any atom is 0.219 e. The predicted molar refractivity (Wildman–Crippen MR) is 104 cm³/mol. The Balaban J connectivity index is 3.28. The van der Waals surface area contributed by atoms with Crippen LogP contribution in [0.2, 0.25) is 0 Å². The average molecular weight is 336 g/mol. The molecule has 0 rings (SSSR count). The summed E-state index contributed by atoms with van der Waals surface area (Å²) < 4.78 is 0. The molecule has 0 aromatic carbocycles. The summed E-state index contributed by atoms with van der Waals surface area (Å²) in [5.74, 6) is 0.115. The zero-order valence-electron chi connectivity index (χ0n) is 15.5. The lowest BCUT2D eigenvalue weighted by Gasteiger charge is -2.03. The molecular formula is C21H37NO2. The van der Waals surface area contributed by atoms with E-state index in [0.29, 0.717) is 19.4 Å². The maximum atomic E-state index is 11.4. The van der Waals surface area contributed by atoms with Crippen LogP contribution in [-0.2, 0) is 4.79 Å². The van der Waals surface area contributed by atoms with E-state index in [-0.39, 0.29) is 12.5 Å². The molecule has 0 radical (unpaired) electrons. The molecule has 0 fully saturated rings. The van der Waals surface area contributed by atoms with Gasteiger partial charge in [0.25, 0.3) is 0 Å². The van der Waals surface area contributed by atoms with Gasteiger partial charge in [-0.05, 0) is 44.9 Å². The van der Waals surface area contributed by atoms with Crippen molar-refractivity contribution in [3.63, 3.8) is 0 Å². The Bertz CT molecular complexity index is 359. The fraction of sp³-hybridized carbons (Fsp3) is 0.667. The number of nitrogens with one attached hydrogen (secondary N) is 1. The smallest absolute Gasteiger partial charge is 0.219 e. The van der Waals surface area contributed by atoms with Crippen molar-refractivity contribution in [2.24, 2.45) is 0 Å². The standard InChI is InChI=1S/C21H37NO2/c1-2-3-4-5-6-7-8-9-10-11-12-13-14-15-16-18-21(24)22-19-17-20-23/h3-4,6-7,9-10,23H,2,5,8,11-20H2,1H3,(H,22,24)/b4-3-,7-6-,10-9-. The summed E-state index contributed by atoms with van der Waals surface area (Å²) >= 11 is 0. The predicted octanol–water partition coefficient (Wildman–Crippen LogP) is 5.07. The van der Waals surface area contributed by atoms with E-state index in [2.05, 4.69) is 48.7 Å². The van der Waals surface area contributed by atoms with Crippen molar-refractivity contribution in [1.29, 1.82) is 0 Å². The van der Waals surface area contributed by atoms with Crippen LogP contribution in [0.25, 0.3) is 0 Å². The molecule has 0 unspecified atom stereocenters. The molecule has 2 N–H and O–H groups in total. The van der Waals surface area contributed by atoms with Gasteiger partial charge in [0.1, 0.15) is 0 Å². The summed E-state index contributed by atoms with van der Waals surface area (Å²) in [4.78, 5) is 11.4. The van der Waals surface area contributed by atoms with E-state index >= 15 is 0 Å². The Morgan fingerprint density at radius 1 is 0.833 bits per heavy atom.